The van der Waals surface area contributed by atoms with E-state index in [1.165, 1.54) is 24.3 Å². The number of nitrogens with one attached hydrogen (secondary N) is 1. The van der Waals surface area contributed by atoms with E-state index in [4.69, 9.17) is 4.74 Å². The highest BCUT2D eigenvalue weighted by Gasteiger charge is 2.31. The van der Waals surface area contributed by atoms with Crippen molar-refractivity contribution in [2.45, 2.75) is 49.6 Å². The zero-order chi connectivity index (χ0) is 20.9. The van der Waals surface area contributed by atoms with E-state index >= 15 is 0 Å². The first-order chi connectivity index (χ1) is 13.8. The van der Waals surface area contributed by atoms with E-state index in [2.05, 4.69) is 4.72 Å². The largest absolute Gasteiger partial charge is 0.458 e. The van der Waals surface area contributed by atoms with Gasteiger partial charge in [-0.1, -0.05) is 36.2 Å². The van der Waals surface area contributed by atoms with Crippen LogP contribution in [0, 0.1) is 12.7 Å². The summed E-state index contributed by atoms with van der Waals surface area (Å²) in [7, 11) is -3.70. The monoisotopic (exact) mass is 417 g/mol. The first kappa shape index (κ1) is 21.2. The summed E-state index contributed by atoms with van der Waals surface area (Å²) in [5.41, 5.74) is 1.64. The highest BCUT2D eigenvalue weighted by molar-refractivity contribution is 7.89. The van der Waals surface area contributed by atoms with Gasteiger partial charge in [0, 0.05) is 6.08 Å². The summed E-state index contributed by atoms with van der Waals surface area (Å²) in [4.78, 5) is 12.4. The molecule has 0 aliphatic heterocycles. The van der Waals surface area contributed by atoms with Crippen LogP contribution in [0.5, 0.6) is 0 Å². The predicted molar refractivity (Wildman–Crippen MR) is 109 cm³/mol. The highest BCUT2D eigenvalue weighted by atomic mass is 32.2. The van der Waals surface area contributed by atoms with Gasteiger partial charge in [0.2, 0.25) is 10.0 Å². The number of hydrogen-bond acceptors (Lipinski definition) is 4. The number of hydrogen-bond donors (Lipinski definition) is 1. The topological polar surface area (TPSA) is 72.5 Å². The molecule has 5 nitrogen and oxygen atoms in total. The fourth-order valence-electron chi connectivity index (χ4n) is 3.28. The number of halogens is 1. The average Bonchev–Trinajstić information content (AvgIpc) is 2.69. The van der Waals surface area contributed by atoms with Crippen molar-refractivity contribution in [1.82, 2.24) is 4.72 Å². The van der Waals surface area contributed by atoms with Crippen molar-refractivity contribution in [2.75, 3.05) is 0 Å². The van der Waals surface area contributed by atoms with Gasteiger partial charge < -0.3 is 4.74 Å². The summed E-state index contributed by atoms with van der Waals surface area (Å²) in [5.74, 6) is -0.906. The molecule has 0 aromatic heterocycles. The number of esters is 1. The lowest BCUT2D eigenvalue weighted by Crippen LogP contribution is -2.46. The lowest BCUT2D eigenvalue weighted by molar-refractivity contribution is -0.145. The first-order valence-corrected chi connectivity index (χ1v) is 11.0. The molecule has 0 amide bonds. The van der Waals surface area contributed by atoms with Gasteiger partial charge in [-0.25, -0.2) is 22.3 Å². The van der Waals surface area contributed by atoms with E-state index < -0.39 is 28.1 Å². The van der Waals surface area contributed by atoms with Gasteiger partial charge in [0.25, 0.3) is 0 Å². The molecule has 0 bridgehead atoms. The van der Waals surface area contributed by atoms with E-state index in [0.717, 1.165) is 18.4 Å². The van der Waals surface area contributed by atoms with Gasteiger partial charge in [-0.3, -0.25) is 0 Å². The number of ether oxygens (including phenoxy) is 1. The van der Waals surface area contributed by atoms with E-state index in [0.29, 0.717) is 18.4 Å². The highest BCUT2D eigenvalue weighted by Crippen LogP contribution is 2.24. The Hall–Kier alpha value is -2.51. The molecule has 0 unspecified atom stereocenters. The first-order valence-electron chi connectivity index (χ1n) is 9.57. The molecule has 7 heteroatoms. The van der Waals surface area contributed by atoms with Crippen molar-refractivity contribution in [1.29, 1.82) is 0 Å². The molecule has 1 fully saturated rings. The molecule has 0 radical (unpaired) electrons. The Bertz CT molecular complexity index is 969. The number of aryl methyl sites for hydroxylation is 1. The number of sulfonamides is 1. The number of benzene rings is 2. The molecule has 0 saturated heterocycles. The third-order valence-electron chi connectivity index (χ3n) is 4.89. The second-order valence-corrected chi connectivity index (χ2v) is 8.90. The van der Waals surface area contributed by atoms with Crippen molar-refractivity contribution in [3.05, 3.63) is 71.6 Å². The van der Waals surface area contributed by atoms with Crippen molar-refractivity contribution >= 4 is 22.1 Å². The van der Waals surface area contributed by atoms with Crippen LogP contribution in [0.4, 0.5) is 4.39 Å². The maximum Gasteiger partial charge on any atom is 0.331 e. The van der Waals surface area contributed by atoms with Crippen molar-refractivity contribution < 1.29 is 22.3 Å². The normalized spacial score (nSPS) is 19.9. The third-order valence-corrected chi connectivity index (χ3v) is 6.40. The summed E-state index contributed by atoms with van der Waals surface area (Å²) >= 11 is 0. The van der Waals surface area contributed by atoms with Crippen LogP contribution in [-0.2, 0) is 19.6 Å². The fourth-order valence-corrected chi connectivity index (χ4v) is 4.58. The quantitative estimate of drug-likeness (QED) is 0.570. The van der Waals surface area contributed by atoms with Gasteiger partial charge >= 0.3 is 5.97 Å². The second kappa shape index (κ2) is 9.33. The van der Waals surface area contributed by atoms with Gasteiger partial charge in [-0.2, -0.15) is 0 Å². The molecule has 2 atom stereocenters. The molecule has 0 heterocycles. The summed E-state index contributed by atoms with van der Waals surface area (Å²) in [6.07, 6.45) is 5.20. The summed E-state index contributed by atoms with van der Waals surface area (Å²) in [5, 5.41) is 0. The Morgan fingerprint density at radius 1 is 1.07 bits per heavy atom. The van der Waals surface area contributed by atoms with Crippen LogP contribution in [0.25, 0.3) is 6.08 Å². The summed E-state index contributed by atoms with van der Waals surface area (Å²) < 4.78 is 46.5. The minimum atomic E-state index is -3.70. The molecular weight excluding hydrogens is 393 g/mol. The number of rotatable bonds is 6. The van der Waals surface area contributed by atoms with Gasteiger partial charge in [-0.15, -0.1) is 0 Å². The molecule has 29 heavy (non-hydrogen) atoms. The van der Waals surface area contributed by atoms with E-state index in [1.807, 2.05) is 6.92 Å². The predicted octanol–water partition coefficient (Wildman–Crippen LogP) is 3.98. The van der Waals surface area contributed by atoms with Crippen LogP contribution < -0.4 is 4.72 Å². The maximum atomic E-state index is 12.9. The molecular formula is C22H24FNO4S. The Morgan fingerprint density at radius 3 is 2.41 bits per heavy atom. The maximum absolute atomic E-state index is 12.9. The molecule has 1 aliphatic rings. The average molecular weight is 418 g/mol. The third kappa shape index (κ3) is 5.98. The minimum absolute atomic E-state index is 0.190. The van der Waals surface area contributed by atoms with E-state index in [-0.39, 0.29) is 10.7 Å². The van der Waals surface area contributed by atoms with Crippen LogP contribution >= 0.6 is 0 Å². The Balaban J connectivity index is 1.65. The van der Waals surface area contributed by atoms with Crippen LogP contribution in [0.3, 0.4) is 0 Å². The van der Waals surface area contributed by atoms with Gasteiger partial charge in [0.05, 0.1) is 10.9 Å². The summed E-state index contributed by atoms with van der Waals surface area (Å²) in [6, 6.07) is 11.9. The lowest BCUT2D eigenvalue weighted by atomic mass is 9.93. The molecule has 1 aliphatic carbocycles. The van der Waals surface area contributed by atoms with Crippen LogP contribution in [-0.4, -0.2) is 26.5 Å². The lowest BCUT2D eigenvalue weighted by Gasteiger charge is -2.31. The smallest absolute Gasteiger partial charge is 0.331 e. The number of carbonyl (C=O) groups excluding carboxylic acids is 1. The molecule has 1 N–H and O–H groups in total. The van der Waals surface area contributed by atoms with Crippen molar-refractivity contribution in [3.63, 3.8) is 0 Å². The Kier molecular flexibility index (Phi) is 6.82. The Morgan fingerprint density at radius 2 is 1.72 bits per heavy atom. The molecule has 3 rings (SSSR count). The van der Waals surface area contributed by atoms with E-state index in [1.54, 1.807) is 36.4 Å². The van der Waals surface area contributed by atoms with Gasteiger partial charge in [-0.05, 0) is 62.1 Å². The molecule has 1 saturated carbocycles. The van der Waals surface area contributed by atoms with Gasteiger partial charge in [0.1, 0.15) is 11.9 Å². The molecule has 2 aromatic rings. The molecule has 2 aromatic carbocycles. The standard InChI is InChI=1S/C22H24FNO4S/c1-16-6-13-19(14-7-16)29(26,27)24-20-4-2-3-5-21(20)28-22(25)15-10-17-8-11-18(23)12-9-17/h6-15,20-21,24H,2-5H2,1H3/b15-10+/t20-,21-/m1/s1. The van der Waals surface area contributed by atoms with Gasteiger partial charge in [0.15, 0.2) is 0 Å². The minimum Gasteiger partial charge on any atom is -0.458 e. The molecule has 0 spiro atoms. The SMILES string of the molecule is Cc1ccc(S(=O)(=O)N[C@@H]2CCCC[C@H]2OC(=O)/C=C/c2ccc(F)cc2)cc1. The van der Waals surface area contributed by atoms with Crippen LogP contribution in [0.15, 0.2) is 59.5 Å². The zero-order valence-electron chi connectivity index (χ0n) is 16.2. The number of carbonyl (C=O) groups is 1. The fraction of sp³-hybridized carbons (Fsp3) is 0.318. The van der Waals surface area contributed by atoms with Crippen molar-refractivity contribution in [2.24, 2.45) is 0 Å². The Labute approximate surface area is 170 Å². The van der Waals surface area contributed by atoms with E-state index in [9.17, 15) is 17.6 Å². The van der Waals surface area contributed by atoms with Crippen LogP contribution in [0.1, 0.15) is 36.8 Å². The zero-order valence-corrected chi connectivity index (χ0v) is 17.0. The van der Waals surface area contributed by atoms with Crippen LogP contribution in [0.2, 0.25) is 0 Å². The summed E-state index contributed by atoms with van der Waals surface area (Å²) in [6.45, 7) is 1.89. The van der Waals surface area contributed by atoms with Crippen molar-refractivity contribution in [3.8, 4) is 0 Å². The molecule has 154 valence electrons. The second-order valence-electron chi connectivity index (χ2n) is 7.19.